The van der Waals surface area contributed by atoms with Gasteiger partial charge in [-0.15, -0.1) is 0 Å². The number of rotatable bonds is 4. The van der Waals surface area contributed by atoms with Gasteiger partial charge in [-0.2, -0.15) is 11.8 Å². The van der Waals surface area contributed by atoms with Crippen LogP contribution in [0.15, 0.2) is 18.2 Å². The van der Waals surface area contributed by atoms with Gasteiger partial charge in [-0.1, -0.05) is 19.4 Å². The second-order valence-electron chi connectivity index (χ2n) is 5.55. The summed E-state index contributed by atoms with van der Waals surface area (Å²) in [5.41, 5.74) is 3.23. The number of fused-ring (bicyclic) bond motifs is 1. The van der Waals surface area contributed by atoms with Crippen molar-refractivity contribution in [1.82, 2.24) is 5.32 Å². The summed E-state index contributed by atoms with van der Waals surface area (Å²) in [6.07, 6.45) is 4.64. The molecule has 1 aliphatic carbocycles. The first-order valence-corrected chi connectivity index (χ1v) is 8.62. The molecule has 4 heteroatoms. The molecule has 0 spiro atoms. The molecule has 2 unspecified atom stereocenters. The third-order valence-corrected chi connectivity index (χ3v) is 5.56. The number of benzene rings is 1. The number of hydrogen-bond donors (Lipinski definition) is 2. The van der Waals surface area contributed by atoms with Crippen molar-refractivity contribution >= 4 is 23.4 Å². The minimum Gasteiger partial charge on any atom is -0.384 e. The topological polar surface area (TPSA) is 41.1 Å². The Morgan fingerprint density at radius 1 is 1.45 bits per heavy atom. The Labute approximate surface area is 124 Å². The highest BCUT2D eigenvalue weighted by molar-refractivity contribution is 7.99. The summed E-state index contributed by atoms with van der Waals surface area (Å²) in [5, 5.41) is 7.16. The van der Waals surface area contributed by atoms with E-state index in [0.717, 1.165) is 36.4 Å². The number of anilines is 1. The predicted molar refractivity (Wildman–Crippen MR) is 85.7 cm³/mol. The van der Waals surface area contributed by atoms with E-state index in [1.807, 2.05) is 23.9 Å². The molecule has 3 nitrogen and oxygen atoms in total. The average molecular weight is 290 g/mol. The maximum absolute atomic E-state index is 12.4. The molecule has 1 fully saturated rings. The number of carbonyl (C=O) groups excluding carboxylic acids is 1. The van der Waals surface area contributed by atoms with Crippen LogP contribution in [0, 0.1) is 0 Å². The van der Waals surface area contributed by atoms with Crippen LogP contribution in [0.25, 0.3) is 0 Å². The molecule has 1 aliphatic heterocycles. The Hall–Kier alpha value is -1.16. The molecule has 0 aromatic heterocycles. The zero-order valence-corrected chi connectivity index (χ0v) is 12.8. The Bertz CT molecular complexity index is 503. The van der Waals surface area contributed by atoms with Gasteiger partial charge in [0, 0.05) is 29.1 Å². The van der Waals surface area contributed by atoms with E-state index in [1.54, 1.807) is 0 Å². The molecule has 108 valence electrons. The van der Waals surface area contributed by atoms with Crippen molar-refractivity contribution in [2.75, 3.05) is 17.6 Å². The van der Waals surface area contributed by atoms with Crippen LogP contribution < -0.4 is 10.6 Å². The molecule has 2 aliphatic rings. The largest absolute Gasteiger partial charge is 0.384 e. The van der Waals surface area contributed by atoms with E-state index in [2.05, 4.69) is 23.6 Å². The van der Waals surface area contributed by atoms with Crippen molar-refractivity contribution < 1.29 is 4.79 Å². The van der Waals surface area contributed by atoms with Crippen LogP contribution in [0.5, 0.6) is 0 Å². The van der Waals surface area contributed by atoms with E-state index >= 15 is 0 Å². The van der Waals surface area contributed by atoms with Crippen molar-refractivity contribution in [2.45, 2.75) is 43.9 Å². The molecule has 2 atom stereocenters. The second kappa shape index (κ2) is 6.08. The van der Waals surface area contributed by atoms with Gasteiger partial charge in [-0.25, -0.2) is 0 Å². The van der Waals surface area contributed by atoms with Gasteiger partial charge in [-0.3, -0.25) is 4.79 Å². The molecule has 3 rings (SSSR count). The van der Waals surface area contributed by atoms with Crippen molar-refractivity contribution in [1.29, 1.82) is 0 Å². The average Bonchev–Trinajstić information content (AvgIpc) is 3.07. The Morgan fingerprint density at radius 3 is 3.20 bits per heavy atom. The molecule has 1 heterocycles. The Kier molecular flexibility index (Phi) is 4.20. The number of thioether (sulfide) groups is 1. The van der Waals surface area contributed by atoms with Gasteiger partial charge in [0.25, 0.3) is 5.91 Å². The molecule has 0 radical (unpaired) electrons. The summed E-state index contributed by atoms with van der Waals surface area (Å²) >= 11 is 1.98. The number of carbonyl (C=O) groups is 1. The summed E-state index contributed by atoms with van der Waals surface area (Å²) in [4.78, 5) is 12.4. The highest BCUT2D eigenvalue weighted by Crippen LogP contribution is 2.30. The second-order valence-corrected chi connectivity index (χ2v) is 7.07. The molecular weight excluding hydrogens is 268 g/mol. The number of hydrogen-bond acceptors (Lipinski definition) is 3. The number of nitrogens with one attached hydrogen (secondary N) is 2. The quantitative estimate of drug-likeness (QED) is 0.895. The SMILES string of the molecule is CCSC1CCCC1NC(=O)c1ccc2c(c1)NCC2. The Morgan fingerprint density at radius 2 is 2.35 bits per heavy atom. The molecule has 1 aromatic carbocycles. The molecule has 20 heavy (non-hydrogen) atoms. The van der Waals surface area contributed by atoms with Gasteiger partial charge in [0.15, 0.2) is 0 Å². The minimum atomic E-state index is 0.0788. The number of amides is 1. The lowest BCUT2D eigenvalue weighted by molar-refractivity contribution is 0.0938. The predicted octanol–water partition coefficient (Wildman–Crippen LogP) is 3.06. The van der Waals surface area contributed by atoms with Gasteiger partial charge >= 0.3 is 0 Å². The van der Waals surface area contributed by atoms with Crippen LogP contribution in [0.2, 0.25) is 0 Å². The van der Waals surface area contributed by atoms with E-state index in [4.69, 9.17) is 0 Å². The highest BCUT2D eigenvalue weighted by atomic mass is 32.2. The maximum atomic E-state index is 12.4. The van der Waals surface area contributed by atoms with E-state index in [1.165, 1.54) is 18.4 Å². The first kappa shape index (κ1) is 13.8. The fourth-order valence-corrected chi connectivity index (χ4v) is 4.39. The van der Waals surface area contributed by atoms with Crippen LogP contribution in [0.1, 0.15) is 42.1 Å². The van der Waals surface area contributed by atoms with Crippen molar-refractivity contribution in [3.63, 3.8) is 0 Å². The fraction of sp³-hybridized carbons (Fsp3) is 0.562. The molecule has 1 amide bonds. The van der Waals surface area contributed by atoms with E-state index in [-0.39, 0.29) is 5.91 Å². The third kappa shape index (κ3) is 2.80. The first-order chi connectivity index (χ1) is 9.78. The highest BCUT2D eigenvalue weighted by Gasteiger charge is 2.28. The van der Waals surface area contributed by atoms with Crippen molar-refractivity contribution in [3.05, 3.63) is 29.3 Å². The summed E-state index contributed by atoms with van der Waals surface area (Å²) < 4.78 is 0. The van der Waals surface area contributed by atoms with E-state index in [0.29, 0.717) is 11.3 Å². The summed E-state index contributed by atoms with van der Waals surface area (Å²) in [6, 6.07) is 6.37. The summed E-state index contributed by atoms with van der Waals surface area (Å²) in [6.45, 7) is 3.17. The third-order valence-electron chi connectivity index (χ3n) is 4.23. The van der Waals surface area contributed by atoms with Crippen LogP contribution in [0.3, 0.4) is 0 Å². The molecule has 1 saturated carbocycles. The van der Waals surface area contributed by atoms with Gasteiger partial charge in [-0.05, 0) is 42.7 Å². The molecule has 0 saturated heterocycles. The van der Waals surface area contributed by atoms with Crippen LogP contribution in [0.4, 0.5) is 5.69 Å². The smallest absolute Gasteiger partial charge is 0.251 e. The van der Waals surface area contributed by atoms with Crippen LogP contribution in [-0.2, 0) is 6.42 Å². The van der Waals surface area contributed by atoms with Crippen molar-refractivity contribution in [2.24, 2.45) is 0 Å². The van der Waals surface area contributed by atoms with E-state index in [9.17, 15) is 4.79 Å². The van der Waals surface area contributed by atoms with E-state index < -0.39 is 0 Å². The molecular formula is C16H22N2OS. The lowest BCUT2D eigenvalue weighted by atomic mass is 10.1. The Balaban J connectivity index is 1.67. The standard InChI is InChI=1S/C16H22N2OS/c1-2-20-15-5-3-4-13(15)18-16(19)12-7-6-11-8-9-17-14(11)10-12/h6-7,10,13,15,17H,2-5,8-9H2,1H3,(H,18,19). The minimum absolute atomic E-state index is 0.0788. The molecule has 0 bridgehead atoms. The van der Waals surface area contributed by atoms with Gasteiger partial charge in [0.1, 0.15) is 0 Å². The van der Waals surface area contributed by atoms with Gasteiger partial charge in [0.05, 0.1) is 0 Å². The summed E-state index contributed by atoms with van der Waals surface area (Å²) in [7, 11) is 0. The van der Waals surface area contributed by atoms with Gasteiger partial charge in [0.2, 0.25) is 0 Å². The van der Waals surface area contributed by atoms with Crippen LogP contribution >= 0.6 is 11.8 Å². The maximum Gasteiger partial charge on any atom is 0.251 e. The summed E-state index contributed by atoms with van der Waals surface area (Å²) in [5.74, 6) is 1.20. The molecule has 1 aromatic rings. The zero-order valence-electron chi connectivity index (χ0n) is 11.9. The first-order valence-electron chi connectivity index (χ1n) is 7.57. The normalized spacial score (nSPS) is 24.2. The lowest BCUT2D eigenvalue weighted by Gasteiger charge is -2.20. The fourth-order valence-electron chi connectivity index (χ4n) is 3.19. The monoisotopic (exact) mass is 290 g/mol. The van der Waals surface area contributed by atoms with Crippen LogP contribution in [-0.4, -0.2) is 29.5 Å². The lowest BCUT2D eigenvalue weighted by Crippen LogP contribution is -2.38. The zero-order chi connectivity index (χ0) is 13.9. The van der Waals surface area contributed by atoms with Gasteiger partial charge < -0.3 is 10.6 Å². The molecule has 2 N–H and O–H groups in total. The van der Waals surface area contributed by atoms with Crippen molar-refractivity contribution in [3.8, 4) is 0 Å².